The summed E-state index contributed by atoms with van der Waals surface area (Å²) in [6, 6.07) is 6.82. The van der Waals surface area contributed by atoms with Gasteiger partial charge in [0, 0.05) is 6.42 Å². The topological polar surface area (TPSA) is 115 Å². The van der Waals surface area contributed by atoms with Crippen LogP contribution in [0.3, 0.4) is 0 Å². The molecular formula is C21H23N3O4S. The first kappa shape index (κ1) is 20.7. The van der Waals surface area contributed by atoms with E-state index in [0.29, 0.717) is 29.1 Å². The van der Waals surface area contributed by atoms with Crippen molar-refractivity contribution in [1.82, 2.24) is 9.55 Å². The molecule has 0 saturated carbocycles. The van der Waals surface area contributed by atoms with E-state index in [1.54, 1.807) is 6.92 Å². The van der Waals surface area contributed by atoms with Crippen molar-refractivity contribution in [3.63, 3.8) is 0 Å². The number of amides is 1. The van der Waals surface area contributed by atoms with Crippen LogP contribution in [0, 0.1) is 13.8 Å². The molecule has 29 heavy (non-hydrogen) atoms. The Balaban J connectivity index is 2.10. The second-order valence-corrected chi connectivity index (χ2v) is 8.03. The SMILES string of the molecule is CCc1nc2sc(C(N)=O)c(C)c2c(=O)n1C(CCc1ccc(C)cc1)C(=O)O. The van der Waals surface area contributed by atoms with Gasteiger partial charge in [-0.3, -0.25) is 14.2 Å². The number of thiophene rings is 1. The summed E-state index contributed by atoms with van der Waals surface area (Å²) in [4.78, 5) is 42.2. The number of fused-ring (bicyclic) bond motifs is 1. The number of carbonyl (C=O) groups is 2. The summed E-state index contributed by atoms with van der Waals surface area (Å²) in [6.07, 6.45) is 1.16. The normalized spacial score (nSPS) is 12.2. The van der Waals surface area contributed by atoms with Gasteiger partial charge in [0.15, 0.2) is 0 Å². The van der Waals surface area contributed by atoms with E-state index >= 15 is 0 Å². The zero-order chi connectivity index (χ0) is 21.3. The first-order valence-electron chi connectivity index (χ1n) is 9.37. The minimum absolute atomic E-state index is 0.254. The third-order valence-electron chi connectivity index (χ3n) is 5.03. The molecule has 8 heteroatoms. The Hall–Kier alpha value is -3.00. The van der Waals surface area contributed by atoms with Crippen LogP contribution in [0.15, 0.2) is 29.1 Å². The van der Waals surface area contributed by atoms with Gasteiger partial charge in [0.05, 0.1) is 10.3 Å². The van der Waals surface area contributed by atoms with Gasteiger partial charge in [-0.2, -0.15) is 0 Å². The van der Waals surface area contributed by atoms with Gasteiger partial charge in [0.1, 0.15) is 16.7 Å². The molecule has 0 bridgehead atoms. The molecule has 0 spiro atoms. The molecular weight excluding hydrogens is 390 g/mol. The number of primary amides is 1. The summed E-state index contributed by atoms with van der Waals surface area (Å²) >= 11 is 1.07. The molecule has 0 aliphatic carbocycles. The van der Waals surface area contributed by atoms with Crippen LogP contribution in [0.1, 0.15) is 51.6 Å². The summed E-state index contributed by atoms with van der Waals surface area (Å²) in [5, 5.41) is 10.1. The van der Waals surface area contributed by atoms with Crippen molar-refractivity contribution in [3.8, 4) is 0 Å². The van der Waals surface area contributed by atoms with E-state index in [-0.39, 0.29) is 16.7 Å². The Morgan fingerprint density at radius 3 is 2.45 bits per heavy atom. The van der Waals surface area contributed by atoms with Crippen molar-refractivity contribution in [1.29, 1.82) is 0 Å². The van der Waals surface area contributed by atoms with Crippen molar-refractivity contribution in [2.75, 3.05) is 0 Å². The maximum absolute atomic E-state index is 13.3. The van der Waals surface area contributed by atoms with Gasteiger partial charge in [-0.05, 0) is 37.8 Å². The zero-order valence-electron chi connectivity index (χ0n) is 16.6. The number of nitrogens with two attached hydrogens (primary N) is 1. The van der Waals surface area contributed by atoms with Gasteiger partial charge in [0.25, 0.3) is 11.5 Å². The second-order valence-electron chi connectivity index (χ2n) is 7.04. The summed E-state index contributed by atoms with van der Waals surface area (Å²) in [5.41, 5.74) is 7.55. The highest BCUT2D eigenvalue weighted by Crippen LogP contribution is 2.28. The van der Waals surface area contributed by atoms with Crippen molar-refractivity contribution in [3.05, 3.63) is 62.0 Å². The number of benzene rings is 1. The Labute approximate surface area is 171 Å². The minimum atomic E-state index is -1.09. The Morgan fingerprint density at radius 2 is 1.90 bits per heavy atom. The molecule has 0 saturated heterocycles. The number of carboxylic acids is 1. The van der Waals surface area contributed by atoms with Gasteiger partial charge >= 0.3 is 5.97 Å². The summed E-state index contributed by atoms with van der Waals surface area (Å²) in [7, 11) is 0. The highest BCUT2D eigenvalue weighted by Gasteiger charge is 2.27. The highest BCUT2D eigenvalue weighted by atomic mass is 32.1. The average molecular weight is 413 g/mol. The standard InChI is InChI=1S/C21H23N3O4S/c1-4-15-23-19-16(12(3)17(29-19)18(22)25)20(26)24(15)14(21(27)28)10-9-13-7-5-11(2)6-8-13/h5-8,14H,4,9-10H2,1-3H3,(H2,22,25)(H,27,28). The van der Waals surface area contributed by atoms with Gasteiger partial charge in [-0.25, -0.2) is 9.78 Å². The number of hydrogen-bond acceptors (Lipinski definition) is 5. The minimum Gasteiger partial charge on any atom is -0.480 e. The Morgan fingerprint density at radius 1 is 1.24 bits per heavy atom. The molecule has 2 aromatic heterocycles. The lowest BCUT2D eigenvalue weighted by atomic mass is 10.0. The summed E-state index contributed by atoms with van der Waals surface area (Å²) in [5.74, 6) is -1.32. The van der Waals surface area contributed by atoms with Crippen molar-refractivity contribution < 1.29 is 14.7 Å². The molecule has 1 atom stereocenters. The maximum atomic E-state index is 13.3. The van der Waals surface area contributed by atoms with Crippen LogP contribution in [0.4, 0.5) is 0 Å². The Kier molecular flexibility index (Phi) is 5.83. The van der Waals surface area contributed by atoms with Gasteiger partial charge in [-0.1, -0.05) is 36.8 Å². The first-order valence-corrected chi connectivity index (χ1v) is 10.2. The number of aryl methyl sites for hydroxylation is 4. The van der Waals surface area contributed by atoms with Gasteiger partial charge in [0.2, 0.25) is 0 Å². The predicted molar refractivity (Wildman–Crippen MR) is 113 cm³/mol. The molecule has 3 N–H and O–H groups in total. The first-order chi connectivity index (χ1) is 13.7. The van der Waals surface area contributed by atoms with Gasteiger partial charge < -0.3 is 10.8 Å². The zero-order valence-corrected chi connectivity index (χ0v) is 17.4. The molecule has 1 amide bonds. The van der Waals surface area contributed by atoms with Crippen LogP contribution < -0.4 is 11.3 Å². The fourth-order valence-electron chi connectivity index (χ4n) is 3.46. The lowest BCUT2D eigenvalue weighted by Crippen LogP contribution is -2.33. The molecule has 3 rings (SSSR count). The number of nitrogens with zero attached hydrogens (tertiary/aromatic N) is 2. The van der Waals surface area contributed by atoms with E-state index in [4.69, 9.17) is 5.73 Å². The van der Waals surface area contributed by atoms with E-state index in [1.807, 2.05) is 38.1 Å². The second kappa shape index (κ2) is 8.16. The van der Waals surface area contributed by atoms with E-state index in [2.05, 4.69) is 4.98 Å². The van der Waals surface area contributed by atoms with E-state index in [1.165, 1.54) is 4.57 Å². The molecule has 0 fully saturated rings. The number of carbonyl (C=O) groups excluding carboxylic acids is 1. The fraction of sp³-hybridized carbons (Fsp3) is 0.333. The number of hydrogen-bond donors (Lipinski definition) is 2. The molecule has 2 heterocycles. The predicted octanol–water partition coefficient (Wildman–Crippen LogP) is 2.99. The van der Waals surface area contributed by atoms with Crippen LogP contribution in [0.25, 0.3) is 10.2 Å². The largest absolute Gasteiger partial charge is 0.480 e. The molecule has 3 aromatic rings. The smallest absolute Gasteiger partial charge is 0.326 e. The average Bonchev–Trinajstić information content (AvgIpc) is 3.01. The lowest BCUT2D eigenvalue weighted by molar-refractivity contribution is -0.141. The third-order valence-corrected chi connectivity index (χ3v) is 6.23. The number of aromatic nitrogens is 2. The van der Waals surface area contributed by atoms with Crippen LogP contribution in [0.5, 0.6) is 0 Å². The molecule has 0 aliphatic heterocycles. The molecule has 0 aliphatic rings. The van der Waals surface area contributed by atoms with Crippen molar-refractivity contribution >= 4 is 33.4 Å². The monoisotopic (exact) mass is 413 g/mol. The van der Waals surface area contributed by atoms with Crippen LogP contribution in [-0.4, -0.2) is 26.5 Å². The van der Waals surface area contributed by atoms with Crippen LogP contribution in [-0.2, 0) is 17.6 Å². The quantitative estimate of drug-likeness (QED) is 0.618. The third kappa shape index (κ3) is 3.93. The van der Waals surface area contributed by atoms with Crippen LogP contribution in [0.2, 0.25) is 0 Å². The van der Waals surface area contributed by atoms with Crippen molar-refractivity contribution in [2.45, 2.75) is 46.1 Å². The van der Waals surface area contributed by atoms with E-state index in [0.717, 1.165) is 22.5 Å². The Bertz CT molecular complexity index is 1150. The molecule has 7 nitrogen and oxygen atoms in total. The van der Waals surface area contributed by atoms with Crippen LogP contribution >= 0.6 is 11.3 Å². The van der Waals surface area contributed by atoms with E-state index < -0.39 is 23.5 Å². The summed E-state index contributed by atoms with van der Waals surface area (Å²) < 4.78 is 1.27. The number of carboxylic acid groups (broad SMARTS) is 1. The lowest BCUT2D eigenvalue weighted by Gasteiger charge is -2.19. The van der Waals surface area contributed by atoms with Gasteiger partial charge in [-0.15, -0.1) is 11.3 Å². The number of rotatable bonds is 7. The fourth-order valence-corrected chi connectivity index (χ4v) is 4.51. The van der Waals surface area contributed by atoms with E-state index in [9.17, 15) is 19.5 Å². The number of aliphatic carboxylic acids is 1. The molecule has 1 aromatic carbocycles. The van der Waals surface area contributed by atoms with Crippen molar-refractivity contribution in [2.24, 2.45) is 5.73 Å². The highest BCUT2D eigenvalue weighted by molar-refractivity contribution is 7.20. The summed E-state index contributed by atoms with van der Waals surface area (Å²) in [6.45, 7) is 5.44. The molecule has 0 radical (unpaired) electrons. The molecule has 152 valence electrons. The molecule has 1 unspecified atom stereocenters. The maximum Gasteiger partial charge on any atom is 0.326 e.